The van der Waals surface area contributed by atoms with Crippen molar-refractivity contribution in [3.05, 3.63) is 67.6 Å². The number of nitrogens with two attached hydrogens (primary N) is 1. The second-order valence-corrected chi connectivity index (χ2v) is 11.0. The number of nitrogens with zero attached hydrogens (tertiary/aromatic N) is 2. The SMILES string of the molecule is Cc1ncsc1/C=C/c1ccc(O)c2c1C[C@@H]1C[C@H]3[C@H](N(C)C)C(O)=C(C(N)=O)C(=O)[C@@]3(O)C(O)=C1C2=O. The maximum Gasteiger partial charge on any atom is 0.255 e. The van der Waals surface area contributed by atoms with Gasteiger partial charge in [-0.25, -0.2) is 4.98 Å². The van der Waals surface area contributed by atoms with Crippen LogP contribution in [-0.2, 0) is 16.0 Å². The van der Waals surface area contributed by atoms with Crippen LogP contribution < -0.4 is 5.73 Å². The number of Topliss-reactive ketones (excluding diaryl/α,β-unsaturated/α-hetero) is 2. The van der Waals surface area contributed by atoms with Gasteiger partial charge in [0.05, 0.1) is 22.8 Å². The van der Waals surface area contributed by atoms with E-state index in [4.69, 9.17) is 5.73 Å². The molecule has 6 N–H and O–H groups in total. The molecule has 11 heteroatoms. The average Bonchev–Trinajstić information content (AvgIpc) is 3.25. The first-order valence-electron chi connectivity index (χ1n) is 12.0. The van der Waals surface area contributed by atoms with E-state index in [9.17, 15) is 34.8 Å². The standard InChI is InChI=1S/C27H27N3O7S/c1-11-17(38-10-29-11)7-5-12-4-6-16(31)19-14(12)8-13-9-15-21(30(2)3)23(33)20(26(28)36)25(35)27(15,37)24(34)18(13)22(19)32/h4-7,10,13,15,21,31,33-34,37H,8-9H2,1-3H3,(H2,28,36)/b7-5+/t13-,15+,21+,27+/m1/s1. The molecule has 1 amide bonds. The van der Waals surface area contributed by atoms with E-state index in [1.807, 2.05) is 19.1 Å². The Labute approximate surface area is 222 Å². The highest BCUT2D eigenvalue weighted by Gasteiger charge is 2.63. The van der Waals surface area contributed by atoms with Crippen LogP contribution in [0.3, 0.4) is 0 Å². The lowest BCUT2D eigenvalue weighted by Crippen LogP contribution is -2.63. The minimum Gasteiger partial charge on any atom is -0.510 e. The van der Waals surface area contributed by atoms with Gasteiger partial charge in [-0.2, -0.15) is 0 Å². The lowest BCUT2D eigenvalue weighted by molar-refractivity contribution is -0.148. The number of hydrogen-bond donors (Lipinski definition) is 5. The van der Waals surface area contributed by atoms with Crippen LogP contribution in [0.1, 0.15) is 38.5 Å². The van der Waals surface area contributed by atoms with Crippen LogP contribution in [0, 0.1) is 18.8 Å². The van der Waals surface area contributed by atoms with Gasteiger partial charge in [0.2, 0.25) is 5.78 Å². The van der Waals surface area contributed by atoms with E-state index < -0.39 is 58.0 Å². The first kappa shape index (κ1) is 25.8. The minimum absolute atomic E-state index is 0.0195. The molecular formula is C27H27N3O7S. The number of phenolic OH excluding ortho intramolecular Hbond substituents is 1. The summed E-state index contributed by atoms with van der Waals surface area (Å²) >= 11 is 1.47. The van der Waals surface area contributed by atoms with E-state index in [0.29, 0.717) is 11.1 Å². The summed E-state index contributed by atoms with van der Waals surface area (Å²) in [5.41, 5.74) is 5.53. The summed E-state index contributed by atoms with van der Waals surface area (Å²) in [5.74, 6) is -6.67. The van der Waals surface area contributed by atoms with Crippen LogP contribution in [0.25, 0.3) is 12.2 Å². The molecular weight excluding hydrogens is 510 g/mol. The molecule has 0 unspecified atom stereocenters. The van der Waals surface area contributed by atoms with Gasteiger partial charge < -0.3 is 26.2 Å². The van der Waals surface area contributed by atoms with Crippen molar-refractivity contribution in [1.29, 1.82) is 0 Å². The highest BCUT2D eigenvalue weighted by atomic mass is 32.1. The number of hydrogen-bond acceptors (Lipinski definition) is 10. The largest absolute Gasteiger partial charge is 0.510 e. The molecule has 0 aliphatic heterocycles. The number of allylic oxidation sites excluding steroid dienone is 1. The van der Waals surface area contributed by atoms with Gasteiger partial charge in [0.15, 0.2) is 11.4 Å². The van der Waals surface area contributed by atoms with Gasteiger partial charge in [-0.3, -0.25) is 19.3 Å². The van der Waals surface area contributed by atoms with E-state index in [0.717, 1.165) is 10.6 Å². The molecule has 0 radical (unpaired) electrons. The molecule has 0 bridgehead atoms. The Kier molecular flexibility index (Phi) is 6.05. The predicted octanol–water partition coefficient (Wildman–Crippen LogP) is 2.06. The quantitative estimate of drug-likeness (QED) is 0.366. The number of aliphatic hydroxyl groups excluding tert-OH is 2. The van der Waals surface area contributed by atoms with Crippen LogP contribution in [0.15, 0.2) is 40.3 Å². The Hall–Kier alpha value is -3.80. The second kappa shape index (κ2) is 8.90. The summed E-state index contributed by atoms with van der Waals surface area (Å²) in [6, 6.07) is 2.05. The van der Waals surface area contributed by atoms with Crippen molar-refractivity contribution in [2.75, 3.05) is 14.1 Å². The van der Waals surface area contributed by atoms with Crippen molar-refractivity contribution >= 4 is 41.0 Å². The highest BCUT2D eigenvalue weighted by molar-refractivity contribution is 7.10. The zero-order chi connectivity index (χ0) is 27.7. The van der Waals surface area contributed by atoms with Crippen molar-refractivity contribution in [2.45, 2.75) is 31.4 Å². The molecule has 2 aromatic rings. The highest BCUT2D eigenvalue weighted by Crippen LogP contribution is 2.52. The van der Waals surface area contributed by atoms with Crippen LogP contribution in [0.4, 0.5) is 0 Å². The molecule has 1 aromatic carbocycles. The van der Waals surface area contributed by atoms with Crippen molar-refractivity contribution < 1.29 is 34.8 Å². The number of phenols is 1. The van der Waals surface area contributed by atoms with Gasteiger partial charge in [-0.15, -0.1) is 11.3 Å². The van der Waals surface area contributed by atoms with Crippen molar-refractivity contribution in [3.8, 4) is 5.75 Å². The van der Waals surface area contributed by atoms with Crippen LogP contribution in [-0.4, -0.2) is 73.5 Å². The third-order valence-electron chi connectivity index (χ3n) is 7.84. The first-order chi connectivity index (χ1) is 17.9. The molecule has 0 fully saturated rings. The van der Waals surface area contributed by atoms with Crippen LogP contribution >= 0.6 is 11.3 Å². The number of aromatic nitrogens is 1. The summed E-state index contributed by atoms with van der Waals surface area (Å²) in [6.45, 7) is 1.88. The maximum absolute atomic E-state index is 13.7. The summed E-state index contributed by atoms with van der Waals surface area (Å²) < 4.78 is 0. The number of likely N-dealkylation sites (N-methyl/N-ethyl adjacent to an activating group) is 1. The fourth-order valence-corrected chi connectivity index (χ4v) is 6.76. The van der Waals surface area contributed by atoms with Gasteiger partial charge in [0, 0.05) is 16.4 Å². The summed E-state index contributed by atoms with van der Waals surface area (Å²) in [5, 5.41) is 44.5. The molecule has 0 spiro atoms. The van der Waals surface area contributed by atoms with Gasteiger partial charge in [0.1, 0.15) is 22.8 Å². The molecule has 0 saturated heterocycles. The van der Waals surface area contributed by atoms with Crippen LogP contribution in [0.2, 0.25) is 0 Å². The molecule has 1 heterocycles. The molecule has 0 saturated carbocycles. The third kappa shape index (κ3) is 3.53. The van der Waals surface area contributed by atoms with E-state index >= 15 is 0 Å². The Morgan fingerprint density at radius 3 is 2.53 bits per heavy atom. The number of thiazole rings is 1. The second-order valence-electron chi connectivity index (χ2n) is 10.1. The number of ketones is 2. The zero-order valence-corrected chi connectivity index (χ0v) is 21.7. The third-order valence-corrected chi connectivity index (χ3v) is 8.74. The molecule has 3 aliphatic carbocycles. The monoisotopic (exact) mass is 537 g/mol. The van der Waals surface area contributed by atoms with E-state index in [2.05, 4.69) is 4.98 Å². The summed E-state index contributed by atoms with van der Waals surface area (Å²) in [7, 11) is 3.19. The molecule has 4 atom stereocenters. The number of carbonyl (C=O) groups is 3. The first-order valence-corrected chi connectivity index (χ1v) is 12.8. The summed E-state index contributed by atoms with van der Waals surface area (Å²) in [4.78, 5) is 45.8. The molecule has 198 valence electrons. The Bertz CT molecular complexity index is 1500. The maximum atomic E-state index is 13.7. The van der Waals surface area contributed by atoms with Gasteiger partial charge >= 0.3 is 0 Å². The number of amides is 1. The van der Waals surface area contributed by atoms with Crippen molar-refractivity contribution in [2.24, 2.45) is 17.6 Å². The number of benzene rings is 1. The molecule has 38 heavy (non-hydrogen) atoms. The average molecular weight is 538 g/mol. The smallest absolute Gasteiger partial charge is 0.255 e. The van der Waals surface area contributed by atoms with E-state index in [1.54, 1.807) is 25.7 Å². The number of aromatic hydroxyl groups is 1. The Balaban J connectivity index is 1.67. The Morgan fingerprint density at radius 1 is 1.21 bits per heavy atom. The van der Waals surface area contributed by atoms with Crippen molar-refractivity contribution in [1.82, 2.24) is 9.88 Å². The van der Waals surface area contributed by atoms with Gasteiger partial charge in [-0.05, 0) is 63.0 Å². The molecule has 10 nitrogen and oxygen atoms in total. The number of primary amides is 1. The molecule has 1 aromatic heterocycles. The summed E-state index contributed by atoms with van der Waals surface area (Å²) in [6.07, 6.45) is 3.98. The predicted molar refractivity (Wildman–Crippen MR) is 139 cm³/mol. The Morgan fingerprint density at radius 2 is 1.92 bits per heavy atom. The number of aryl methyl sites for hydroxylation is 1. The minimum atomic E-state index is -2.65. The normalized spacial score (nSPS) is 27.1. The lowest BCUT2D eigenvalue weighted by atomic mass is 9.58. The van der Waals surface area contributed by atoms with E-state index in [1.165, 1.54) is 22.3 Å². The van der Waals surface area contributed by atoms with E-state index in [-0.39, 0.29) is 29.7 Å². The van der Waals surface area contributed by atoms with Crippen molar-refractivity contribution in [3.63, 3.8) is 0 Å². The number of rotatable bonds is 4. The molecule has 5 rings (SSSR count). The number of aliphatic hydroxyl groups is 3. The molecule has 3 aliphatic rings. The van der Waals surface area contributed by atoms with Gasteiger partial charge in [0.25, 0.3) is 5.91 Å². The lowest BCUT2D eigenvalue weighted by Gasteiger charge is -2.50. The zero-order valence-electron chi connectivity index (χ0n) is 20.9. The topological polar surface area (TPSA) is 174 Å². The van der Waals surface area contributed by atoms with Crippen LogP contribution in [0.5, 0.6) is 5.75 Å². The fourth-order valence-electron chi connectivity index (χ4n) is 6.07. The van der Waals surface area contributed by atoms with Gasteiger partial charge in [-0.1, -0.05) is 12.1 Å². The fraction of sp³-hybridized carbons (Fsp3) is 0.333. The number of carbonyl (C=O) groups excluding carboxylic acids is 3. The number of fused-ring (bicyclic) bond motifs is 3.